The van der Waals surface area contributed by atoms with Gasteiger partial charge in [-0.25, -0.2) is 0 Å². The van der Waals surface area contributed by atoms with Gasteiger partial charge in [0.05, 0.1) is 5.54 Å². The van der Waals surface area contributed by atoms with E-state index in [2.05, 4.69) is 115 Å². The molecule has 1 saturated carbocycles. The van der Waals surface area contributed by atoms with E-state index in [-0.39, 0.29) is 5.24 Å². The van der Waals surface area contributed by atoms with E-state index in [0.29, 0.717) is 30.2 Å². The van der Waals surface area contributed by atoms with Crippen LogP contribution in [-0.4, -0.2) is 23.6 Å². The number of carbonyl (C=O) groups is 1. The molecule has 3 aromatic carbocycles. The van der Waals surface area contributed by atoms with Crippen molar-refractivity contribution in [3.63, 3.8) is 0 Å². The van der Waals surface area contributed by atoms with Crippen LogP contribution in [0.3, 0.4) is 0 Å². The molecule has 2 N–H and O–H groups in total. The second kappa shape index (κ2) is 11.7. The molecule has 1 aliphatic rings. The molecule has 0 aliphatic heterocycles. The van der Waals surface area contributed by atoms with Crippen LogP contribution in [-0.2, 0) is 5.54 Å². The average Bonchev–Trinajstić information content (AvgIpc) is 2.88. The van der Waals surface area contributed by atoms with Crippen LogP contribution in [0.1, 0.15) is 49.8 Å². The van der Waals surface area contributed by atoms with Gasteiger partial charge in [-0.2, -0.15) is 0 Å². The van der Waals surface area contributed by atoms with Gasteiger partial charge < -0.3 is 5.32 Å². The van der Waals surface area contributed by atoms with Crippen LogP contribution in [0, 0.1) is 11.8 Å². The molecule has 34 heavy (non-hydrogen) atoms. The minimum Gasteiger partial charge on any atom is -0.344 e. The first-order chi connectivity index (χ1) is 16.6. The first-order valence-corrected chi connectivity index (χ1v) is 13.4. The number of thioether (sulfide) groups is 1. The van der Waals surface area contributed by atoms with Gasteiger partial charge in [0.2, 0.25) is 0 Å². The molecule has 4 rings (SSSR count). The van der Waals surface area contributed by atoms with Crippen LogP contribution in [0.25, 0.3) is 0 Å². The highest BCUT2D eigenvalue weighted by molar-refractivity contribution is 8.13. The maximum Gasteiger partial charge on any atom is 0.279 e. The topological polar surface area (TPSA) is 41.1 Å². The summed E-state index contributed by atoms with van der Waals surface area (Å²) in [6, 6.07) is 32.1. The first kappa shape index (κ1) is 24.6. The van der Waals surface area contributed by atoms with Crippen molar-refractivity contribution >= 4 is 17.0 Å². The maximum atomic E-state index is 12.8. The number of nitrogens with one attached hydrogen (secondary N) is 2. The number of hydrogen-bond acceptors (Lipinski definition) is 3. The Kier molecular flexibility index (Phi) is 8.47. The number of carbonyl (C=O) groups excluding carboxylic acids is 1. The average molecular weight is 473 g/mol. The smallest absolute Gasteiger partial charge is 0.279 e. The van der Waals surface area contributed by atoms with Gasteiger partial charge in [-0.1, -0.05) is 123 Å². The van der Waals surface area contributed by atoms with E-state index in [1.165, 1.54) is 47.7 Å². The lowest BCUT2D eigenvalue weighted by Crippen LogP contribution is -2.46. The standard InChI is InChI=1S/C30H36N2OS/c1-23-13-12-14-24(2)28(23)32-29(33)34-22-21-31-30(25-15-6-3-7-16-25,26-17-8-4-9-18-26)27-19-10-5-11-20-27/h3-11,15-20,23-24,28,31H,12-14,21-22H2,1-2H3,(H,32,33)/t23-,24-/m1/s1. The third-order valence-corrected chi connectivity index (χ3v) is 7.96. The van der Waals surface area contributed by atoms with E-state index in [1.54, 1.807) is 0 Å². The molecule has 0 heterocycles. The number of benzene rings is 3. The highest BCUT2D eigenvalue weighted by Gasteiger charge is 2.35. The Labute approximate surface area is 208 Å². The molecule has 1 amide bonds. The normalized spacial score (nSPS) is 19.0. The van der Waals surface area contributed by atoms with Gasteiger partial charge in [0.25, 0.3) is 5.24 Å². The molecular formula is C30H36N2OS. The zero-order valence-electron chi connectivity index (χ0n) is 20.2. The molecule has 3 aromatic rings. The summed E-state index contributed by atoms with van der Waals surface area (Å²) in [5.74, 6) is 1.80. The Morgan fingerprint density at radius 1 is 0.794 bits per heavy atom. The van der Waals surface area contributed by atoms with Crippen molar-refractivity contribution in [1.82, 2.24) is 10.6 Å². The lowest BCUT2D eigenvalue weighted by atomic mass is 9.77. The Hall–Kier alpha value is -2.56. The summed E-state index contributed by atoms with van der Waals surface area (Å²) >= 11 is 1.39. The second-order valence-corrected chi connectivity index (χ2v) is 10.5. The van der Waals surface area contributed by atoms with E-state index in [0.717, 1.165) is 0 Å². The van der Waals surface area contributed by atoms with Crippen LogP contribution in [0.15, 0.2) is 91.0 Å². The molecule has 178 valence electrons. The predicted molar refractivity (Wildman–Crippen MR) is 144 cm³/mol. The maximum absolute atomic E-state index is 12.8. The van der Waals surface area contributed by atoms with Crippen molar-refractivity contribution in [3.05, 3.63) is 108 Å². The number of rotatable bonds is 8. The van der Waals surface area contributed by atoms with Crippen molar-refractivity contribution in [3.8, 4) is 0 Å². The summed E-state index contributed by atoms with van der Waals surface area (Å²) < 4.78 is 0. The molecule has 0 aromatic heterocycles. The molecule has 0 spiro atoms. The second-order valence-electron chi connectivity index (χ2n) is 9.47. The summed E-state index contributed by atoms with van der Waals surface area (Å²) in [6.07, 6.45) is 3.68. The molecule has 1 fully saturated rings. The first-order valence-electron chi connectivity index (χ1n) is 12.5. The molecule has 0 bridgehead atoms. The number of amides is 1. The van der Waals surface area contributed by atoms with Crippen LogP contribution in [0.2, 0.25) is 0 Å². The van der Waals surface area contributed by atoms with Gasteiger partial charge in [0.1, 0.15) is 0 Å². The zero-order valence-corrected chi connectivity index (χ0v) is 21.1. The molecule has 0 unspecified atom stereocenters. The highest BCUT2D eigenvalue weighted by Crippen LogP contribution is 2.36. The van der Waals surface area contributed by atoms with E-state index in [1.807, 2.05) is 0 Å². The summed E-state index contributed by atoms with van der Waals surface area (Å²) in [7, 11) is 0. The van der Waals surface area contributed by atoms with Crippen molar-refractivity contribution < 1.29 is 4.79 Å². The molecular weight excluding hydrogens is 436 g/mol. The van der Waals surface area contributed by atoms with Gasteiger partial charge in [0.15, 0.2) is 0 Å². The Bertz CT molecular complexity index is 919. The van der Waals surface area contributed by atoms with Crippen molar-refractivity contribution in [2.75, 3.05) is 12.3 Å². The fourth-order valence-electron chi connectivity index (χ4n) is 5.40. The van der Waals surface area contributed by atoms with E-state index >= 15 is 0 Å². The lowest BCUT2D eigenvalue weighted by Gasteiger charge is -2.37. The van der Waals surface area contributed by atoms with Gasteiger partial charge >= 0.3 is 0 Å². The lowest BCUT2D eigenvalue weighted by molar-refractivity contribution is 0.207. The summed E-state index contributed by atoms with van der Waals surface area (Å²) in [5.41, 5.74) is 3.07. The van der Waals surface area contributed by atoms with Crippen LogP contribution in [0.5, 0.6) is 0 Å². The van der Waals surface area contributed by atoms with Crippen LogP contribution in [0.4, 0.5) is 4.79 Å². The van der Waals surface area contributed by atoms with E-state index < -0.39 is 5.54 Å². The minimum absolute atomic E-state index is 0.0946. The molecule has 0 radical (unpaired) electrons. The fraction of sp³-hybridized carbons (Fsp3) is 0.367. The molecule has 3 nitrogen and oxygen atoms in total. The van der Waals surface area contributed by atoms with Crippen LogP contribution >= 0.6 is 11.8 Å². The highest BCUT2D eigenvalue weighted by atomic mass is 32.2. The Morgan fingerprint density at radius 2 is 1.24 bits per heavy atom. The van der Waals surface area contributed by atoms with Crippen molar-refractivity contribution in [2.45, 2.75) is 44.7 Å². The van der Waals surface area contributed by atoms with E-state index in [4.69, 9.17) is 0 Å². The summed E-state index contributed by atoms with van der Waals surface area (Å²) in [5, 5.41) is 7.26. The number of hydrogen-bond donors (Lipinski definition) is 2. The third kappa shape index (κ3) is 5.56. The summed E-state index contributed by atoms with van der Waals surface area (Å²) in [4.78, 5) is 12.8. The van der Waals surface area contributed by atoms with Gasteiger partial charge in [-0.15, -0.1) is 0 Å². The monoisotopic (exact) mass is 472 g/mol. The zero-order chi connectivity index (χ0) is 23.8. The van der Waals surface area contributed by atoms with E-state index in [9.17, 15) is 4.79 Å². The van der Waals surface area contributed by atoms with Crippen LogP contribution < -0.4 is 10.6 Å². The Morgan fingerprint density at radius 3 is 1.68 bits per heavy atom. The summed E-state index contributed by atoms with van der Waals surface area (Å²) in [6.45, 7) is 5.23. The minimum atomic E-state index is -0.493. The largest absolute Gasteiger partial charge is 0.344 e. The quantitative estimate of drug-likeness (QED) is 0.279. The SMILES string of the molecule is C[C@@H]1CCC[C@@H](C)C1NC(=O)SCCNC(c1ccccc1)(c1ccccc1)c1ccccc1. The van der Waals surface area contributed by atoms with Crippen molar-refractivity contribution in [1.29, 1.82) is 0 Å². The Balaban J connectivity index is 1.51. The third-order valence-electron chi connectivity index (χ3n) is 7.18. The van der Waals surface area contributed by atoms with Gasteiger partial charge in [-0.05, 0) is 41.4 Å². The molecule has 4 heteroatoms. The van der Waals surface area contributed by atoms with Crippen molar-refractivity contribution in [2.24, 2.45) is 11.8 Å². The molecule has 0 saturated heterocycles. The van der Waals surface area contributed by atoms with Gasteiger partial charge in [0, 0.05) is 18.3 Å². The molecule has 1 aliphatic carbocycles. The molecule has 2 atom stereocenters. The fourth-order valence-corrected chi connectivity index (χ4v) is 6.01. The van der Waals surface area contributed by atoms with Gasteiger partial charge in [-0.3, -0.25) is 10.1 Å². The predicted octanol–water partition coefficient (Wildman–Crippen LogP) is 6.84.